The zero-order valence-corrected chi connectivity index (χ0v) is 8.31. The third-order valence-electron chi connectivity index (χ3n) is 2.14. The van der Waals surface area contributed by atoms with Gasteiger partial charge >= 0.3 is 0 Å². The molecule has 1 saturated carbocycles. The monoisotopic (exact) mass is 218 g/mol. The Balaban J connectivity index is 2.23. The number of nitrogens with zero attached hydrogens (tertiary/aromatic N) is 2. The molecule has 0 unspecified atom stereocenters. The van der Waals surface area contributed by atoms with Gasteiger partial charge in [-0.3, -0.25) is 0 Å². The fraction of sp³-hybridized carbons (Fsp3) is 0.500. The molecule has 5 heteroatoms. The quantitative estimate of drug-likeness (QED) is 0.825. The highest BCUT2D eigenvalue weighted by atomic mass is 35.5. The van der Waals surface area contributed by atoms with Crippen molar-refractivity contribution in [2.45, 2.75) is 24.9 Å². The van der Waals surface area contributed by atoms with Gasteiger partial charge in [-0.15, -0.1) is 10.2 Å². The van der Waals surface area contributed by atoms with Crippen LogP contribution in [0.15, 0.2) is 6.07 Å². The summed E-state index contributed by atoms with van der Waals surface area (Å²) in [5.74, 6) is 0. The van der Waals surface area contributed by atoms with Gasteiger partial charge in [0.2, 0.25) is 0 Å². The molecule has 3 nitrogen and oxygen atoms in total. The van der Waals surface area contributed by atoms with Crippen molar-refractivity contribution in [3.05, 3.63) is 21.9 Å². The summed E-state index contributed by atoms with van der Waals surface area (Å²) in [6.45, 7) is 0. The van der Waals surface area contributed by atoms with E-state index in [9.17, 15) is 5.11 Å². The third kappa shape index (κ3) is 2.10. The lowest BCUT2D eigenvalue weighted by Gasteiger charge is -2.07. The van der Waals surface area contributed by atoms with Gasteiger partial charge in [0.25, 0.3) is 0 Å². The van der Waals surface area contributed by atoms with Crippen LogP contribution in [-0.2, 0) is 6.42 Å². The van der Waals surface area contributed by atoms with Gasteiger partial charge in [0.05, 0.1) is 5.60 Å². The zero-order valence-electron chi connectivity index (χ0n) is 6.80. The maximum absolute atomic E-state index is 9.65. The standard InChI is InChI=1S/C8H8Cl2N2O/c9-6-3-5(7(10)12-11-6)4-8(13)1-2-8/h3,13H,1-2,4H2. The first-order valence-corrected chi connectivity index (χ1v) is 4.75. The molecule has 1 aliphatic carbocycles. The molecule has 1 aromatic heterocycles. The van der Waals surface area contributed by atoms with Gasteiger partial charge in [0.15, 0.2) is 10.3 Å². The van der Waals surface area contributed by atoms with Gasteiger partial charge in [-0.25, -0.2) is 0 Å². The molecule has 0 spiro atoms. The van der Waals surface area contributed by atoms with E-state index in [-0.39, 0.29) is 0 Å². The topological polar surface area (TPSA) is 46.0 Å². The molecule has 1 N–H and O–H groups in total. The molecule has 0 radical (unpaired) electrons. The first kappa shape index (κ1) is 9.19. The highest BCUT2D eigenvalue weighted by Crippen LogP contribution is 2.39. The Bertz CT molecular complexity index is 339. The lowest BCUT2D eigenvalue weighted by atomic mass is 10.1. The summed E-state index contributed by atoms with van der Waals surface area (Å²) in [6, 6.07) is 1.65. The average molecular weight is 219 g/mol. The molecular formula is C8H8Cl2N2O. The molecule has 1 heterocycles. The molecule has 13 heavy (non-hydrogen) atoms. The Morgan fingerprint density at radius 3 is 2.69 bits per heavy atom. The summed E-state index contributed by atoms with van der Waals surface area (Å²) >= 11 is 11.4. The second kappa shape index (κ2) is 3.08. The van der Waals surface area contributed by atoms with Crippen molar-refractivity contribution in [2.75, 3.05) is 0 Å². The fourth-order valence-corrected chi connectivity index (χ4v) is 1.52. The maximum Gasteiger partial charge on any atom is 0.155 e. The summed E-state index contributed by atoms with van der Waals surface area (Å²) in [5.41, 5.74) is 0.192. The van der Waals surface area contributed by atoms with Gasteiger partial charge < -0.3 is 5.11 Å². The molecule has 1 aliphatic rings. The number of hydrogen-bond donors (Lipinski definition) is 1. The van der Waals surface area contributed by atoms with Gasteiger partial charge in [0, 0.05) is 6.42 Å². The second-order valence-corrected chi connectivity index (χ2v) is 4.13. The predicted octanol–water partition coefficient (Wildman–Crippen LogP) is 1.85. The molecule has 0 atom stereocenters. The molecule has 0 bridgehead atoms. The van der Waals surface area contributed by atoms with Crippen LogP contribution in [0.4, 0.5) is 0 Å². The molecule has 0 aliphatic heterocycles. The van der Waals surface area contributed by atoms with Crippen LogP contribution in [0, 0.1) is 0 Å². The maximum atomic E-state index is 9.65. The van der Waals surface area contributed by atoms with Crippen molar-refractivity contribution in [3.63, 3.8) is 0 Å². The van der Waals surface area contributed by atoms with E-state index in [1.54, 1.807) is 6.07 Å². The minimum absolute atomic E-state index is 0.309. The first-order valence-electron chi connectivity index (χ1n) is 3.99. The smallest absolute Gasteiger partial charge is 0.155 e. The molecule has 2 rings (SSSR count). The molecule has 0 amide bonds. The lowest BCUT2D eigenvalue weighted by Crippen LogP contribution is -2.11. The first-order chi connectivity index (χ1) is 6.09. The zero-order chi connectivity index (χ0) is 9.47. The van der Waals surface area contributed by atoms with Crippen molar-refractivity contribution >= 4 is 23.2 Å². The molecule has 0 aromatic carbocycles. The van der Waals surface area contributed by atoms with E-state index in [0.717, 1.165) is 18.4 Å². The summed E-state index contributed by atoms with van der Waals surface area (Å²) in [4.78, 5) is 0. The Kier molecular flexibility index (Phi) is 2.18. The van der Waals surface area contributed by atoms with E-state index < -0.39 is 5.60 Å². The van der Waals surface area contributed by atoms with E-state index in [2.05, 4.69) is 10.2 Å². The van der Waals surface area contributed by atoms with E-state index in [1.807, 2.05) is 0 Å². The highest BCUT2D eigenvalue weighted by Gasteiger charge is 2.40. The van der Waals surface area contributed by atoms with E-state index >= 15 is 0 Å². The van der Waals surface area contributed by atoms with Crippen LogP contribution in [-0.4, -0.2) is 20.9 Å². The van der Waals surface area contributed by atoms with Gasteiger partial charge in [-0.05, 0) is 24.5 Å². The Morgan fingerprint density at radius 1 is 1.38 bits per heavy atom. The number of hydrogen-bond acceptors (Lipinski definition) is 3. The van der Waals surface area contributed by atoms with Gasteiger partial charge in [-0.2, -0.15) is 0 Å². The minimum atomic E-state index is -0.573. The van der Waals surface area contributed by atoms with Crippen LogP contribution in [0.25, 0.3) is 0 Å². The van der Waals surface area contributed by atoms with Crippen molar-refractivity contribution in [2.24, 2.45) is 0 Å². The Morgan fingerprint density at radius 2 is 2.08 bits per heavy atom. The molecule has 0 saturated heterocycles. The highest BCUT2D eigenvalue weighted by molar-refractivity contribution is 6.31. The van der Waals surface area contributed by atoms with E-state index in [1.165, 1.54) is 0 Å². The minimum Gasteiger partial charge on any atom is -0.390 e. The van der Waals surface area contributed by atoms with Crippen LogP contribution in [0.1, 0.15) is 18.4 Å². The van der Waals surface area contributed by atoms with Crippen LogP contribution < -0.4 is 0 Å². The number of halogens is 2. The van der Waals surface area contributed by atoms with Crippen LogP contribution >= 0.6 is 23.2 Å². The molecule has 70 valence electrons. The van der Waals surface area contributed by atoms with Crippen molar-refractivity contribution in [3.8, 4) is 0 Å². The summed E-state index contributed by atoms with van der Waals surface area (Å²) in [6.07, 6.45) is 2.16. The molecule has 1 aromatic rings. The number of rotatable bonds is 2. The fourth-order valence-electron chi connectivity index (χ4n) is 1.19. The molecular weight excluding hydrogens is 211 g/mol. The normalized spacial score (nSPS) is 18.7. The second-order valence-electron chi connectivity index (χ2n) is 3.38. The Labute approximate surface area is 85.7 Å². The van der Waals surface area contributed by atoms with Crippen molar-refractivity contribution in [1.29, 1.82) is 0 Å². The lowest BCUT2D eigenvalue weighted by molar-refractivity contribution is 0.151. The van der Waals surface area contributed by atoms with Gasteiger partial charge in [-0.1, -0.05) is 23.2 Å². The summed E-state index contributed by atoms with van der Waals surface area (Å²) in [7, 11) is 0. The van der Waals surface area contributed by atoms with E-state index in [4.69, 9.17) is 23.2 Å². The van der Waals surface area contributed by atoms with Gasteiger partial charge in [0.1, 0.15) is 0 Å². The number of aromatic nitrogens is 2. The Hall–Kier alpha value is -0.380. The predicted molar refractivity (Wildman–Crippen MR) is 49.9 cm³/mol. The largest absolute Gasteiger partial charge is 0.390 e. The van der Waals surface area contributed by atoms with Crippen LogP contribution in [0.5, 0.6) is 0 Å². The van der Waals surface area contributed by atoms with Crippen molar-refractivity contribution in [1.82, 2.24) is 10.2 Å². The number of aliphatic hydroxyl groups is 1. The van der Waals surface area contributed by atoms with Crippen LogP contribution in [0.2, 0.25) is 10.3 Å². The summed E-state index contributed by atoms with van der Waals surface area (Å²) in [5, 5.41) is 17.5. The van der Waals surface area contributed by atoms with E-state index in [0.29, 0.717) is 16.7 Å². The average Bonchev–Trinajstić information content (AvgIpc) is 2.76. The molecule has 1 fully saturated rings. The third-order valence-corrected chi connectivity index (χ3v) is 2.64. The van der Waals surface area contributed by atoms with Crippen LogP contribution in [0.3, 0.4) is 0 Å². The van der Waals surface area contributed by atoms with Crippen molar-refractivity contribution < 1.29 is 5.11 Å². The summed E-state index contributed by atoms with van der Waals surface area (Å²) < 4.78 is 0. The SMILES string of the molecule is OC1(Cc2cc(Cl)nnc2Cl)CC1.